The van der Waals surface area contributed by atoms with Gasteiger partial charge in [0, 0.05) is 37.2 Å². The zero-order chi connectivity index (χ0) is 14.6. The zero-order valence-corrected chi connectivity index (χ0v) is 12.2. The molecule has 0 heterocycles. The van der Waals surface area contributed by atoms with Crippen LogP contribution in [0.3, 0.4) is 0 Å². The Hall–Kier alpha value is -1.34. The quantitative estimate of drug-likeness (QED) is 0.455. The van der Waals surface area contributed by atoms with Gasteiger partial charge in [0.05, 0.1) is 16.6 Å². The number of sulfone groups is 1. The average Bonchev–Trinajstić information content (AvgIpc) is 2.34. The van der Waals surface area contributed by atoms with Crippen LogP contribution in [0.4, 0.5) is 11.4 Å². The predicted molar refractivity (Wildman–Crippen MR) is 75.6 cm³/mol. The van der Waals surface area contributed by atoms with Gasteiger partial charge in [-0.2, -0.15) is 0 Å². The molecule has 0 radical (unpaired) electrons. The highest BCUT2D eigenvalue weighted by molar-refractivity contribution is 7.90. The van der Waals surface area contributed by atoms with Crippen LogP contribution >= 0.6 is 11.6 Å². The van der Waals surface area contributed by atoms with Crippen LogP contribution in [-0.4, -0.2) is 38.9 Å². The van der Waals surface area contributed by atoms with Gasteiger partial charge in [-0.3, -0.25) is 10.1 Å². The third-order valence-corrected chi connectivity index (χ3v) is 3.85. The molecule has 0 saturated heterocycles. The lowest BCUT2D eigenvalue weighted by Gasteiger charge is -2.19. The molecule has 0 aliphatic carbocycles. The van der Waals surface area contributed by atoms with Gasteiger partial charge in [-0.05, 0) is 12.1 Å². The van der Waals surface area contributed by atoms with Gasteiger partial charge in [-0.1, -0.05) is 0 Å². The van der Waals surface area contributed by atoms with Crippen molar-refractivity contribution in [1.29, 1.82) is 0 Å². The van der Waals surface area contributed by atoms with E-state index < -0.39 is 14.8 Å². The molecule has 0 saturated carbocycles. The highest BCUT2D eigenvalue weighted by atomic mass is 35.5. The van der Waals surface area contributed by atoms with Gasteiger partial charge in [-0.25, -0.2) is 8.42 Å². The van der Waals surface area contributed by atoms with Gasteiger partial charge in [0.1, 0.15) is 9.84 Å². The Bertz CT molecular complexity index is 574. The maximum Gasteiger partial charge on any atom is 0.273 e. The molecule has 0 aliphatic heterocycles. The van der Waals surface area contributed by atoms with E-state index in [2.05, 4.69) is 0 Å². The first-order valence-electron chi connectivity index (χ1n) is 5.46. The van der Waals surface area contributed by atoms with Crippen LogP contribution in [0.1, 0.15) is 5.56 Å². The van der Waals surface area contributed by atoms with E-state index in [1.807, 2.05) is 0 Å². The first-order chi connectivity index (χ1) is 8.74. The molecule has 8 heteroatoms. The fraction of sp³-hybridized carbons (Fsp3) is 0.455. The smallest absolute Gasteiger partial charge is 0.273 e. The molecule has 106 valence electrons. The lowest BCUT2D eigenvalue weighted by molar-refractivity contribution is -0.385. The second-order valence-corrected chi connectivity index (χ2v) is 6.78. The molecule has 0 aromatic heterocycles. The summed E-state index contributed by atoms with van der Waals surface area (Å²) in [4.78, 5) is 12.0. The van der Waals surface area contributed by atoms with Crippen LogP contribution in [0.15, 0.2) is 18.2 Å². The first-order valence-corrected chi connectivity index (χ1v) is 8.06. The standard InChI is InChI=1S/C11H15ClN2O4S/c1-13(5-6-19(2,17)18)10-3-4-11(14(15)16)9(7-10)8-12/h3-4,7H,5-6,8H2,1-2H3. The summed E-state index contributed by atoms with van der Waals surface area (Å²) in [6.07, 6.45) is 1.17. The molecule has 0 atom stereocenters. The molecule has 0 unspecified atom stereocenters. The molecule has 6 nitrogen and oxygen atoms in total. The minimum absolute atomic E-state index is 0.0245. The number of rotatable bonds is 6. The van der Waals surface area contributed by atoms with E-state index in [9.17, 15) is 18.5 Å². The van der Waals surface area contributed by atoms with Gasteiger partial charge in [0.15, 0.2) is 0 Å². The zero-order valence-electron chi connectivity index (χ0n) is 10.7. The molecule has 0 bridgehead atoms. The highest BCUT2D eigenvalue weighted by Crippen LogP contribution is 2.25. The van der Waals surface area contributed by atoms with Crippen molar-refractivity contribution in [2.45, 2.75) is 5.88 Å². The minimum Gasteiger partial charge on any atom is -0.374 e. The molecule has 0 aliphatic rings. The highest BCUT2D eigenvalue weighted by Gasteiger charge is 2.15. The van der Waals surface area contributed by atoms with Crippen molar-refractivity contribution in [2.75, 3.05) is 30.5 Å². The normalized spacial score (nSPS) is 11.3. The fourth-order valence-corrected chi connectivity index (χ4v) is 2.35. The number of benzene rings is 1. The lowest BCUT2D eigenvalue weighted by Crippen LogP contribution is -2.24. The second-order valence-electron chi connectivity index (χ2n) is 4.26. The van der Waals surface area contributed by atoms with E-state index in [-0.39, 0.29) is 17.3 Å². The summed E-state index contributed by atoms with van der Waals surface area (Å²) in [5.74, 6) is 0.0563. The monoisotopic (exact) mass is 306 g/mol. The number of hydrogen-bond acceptors (Lipinski definition) is 5. The molecule has 0 amide bonds. The van der Waals surface area contributed by atoms with Crippen LogP contribution in [0.2, 0.25) is 0 Å². The Morgan fingerprint density at radius 1 is 1.42 bits per heavy atom. The summed E-state index contributed by atoms with van der Waals surface area (Å²) in [5.41, 5.74) is 1.08. The topological polar surface area (TPSA) is 80.5 Å². The van der Waals surface area contributed by atoms with Gasteiger partial charge in [0.25, 0.3) is 5.69 Å². The number of alkyl halides is 1. The largest absolute Gasteiger partial charge is 0.374 e. The van der Waals surface area contributed by atoms with Crippen molar-refractivity contribution in [3.05, 3.63) is 33.9 Å². The second kappa shape index (κ2) is 6.21. The van der Waals surface area contributed by atoms with E-state index in [1.165, 1.54) is 12.3 Å². The van der Waals surface area contributed by atoms with Crippen molar-refractivity contribution in [2.24, 2.45) is 0 Å². The van der Waals surface area contributed by atoms with Gasteiger partial charge in [-0.15, -0.1) is 11.6 Å². The number of anilines is 1. The Labute approximate surface area is 117 Å². The van der Waals surface area contributed by atoms with Crippen LogP contribution in [0, 0.1) is 10.1 Å². The SMILES string of the molecule is CN(CCS(C)(=O)=O)c1ccc([N+](=O)[O-])c(CCl)c1. The summed E-state index contributed by atoms with van der Waals surface area (Å²) in [6, 6.07) is 4.56. The number of hydrogen-bond donors (Lipinski definition) is 0. The van der Waals surface area contributed by atoms with Crippen molar-refractivity contribution in [1.82, 2.24) is 0 Å². The average molecular weight is 307 g/mol. The van der Waals surface area contributed by atoms with Crippen molar-refractivity contribution in [3.63, 3.8) is 0 Å². The molecule has 0 spiro atoms. The van der Waals surface area contributed by atoms with Gasteiger partial charge >= 0.3 is 0 Å². The molecule has 0 fully saturated rings. The summed E-state index contributed by atoms with van der Waals surface area (Å²) >= 11 is 5.68. The maximum absolute atomic E-state index is 11.1. The summed E-state index contributed by atoms with van der Waals surface area (Å²) in [7, 11) is -1.31. The molecular formula is C11H15ClN2O4S. The van der Waals surface area contributed by atoms with Crippen LogP contribution in [0.5, 0.6) is 0 Å². The van der Waals surface area contributed by atoms with Crippen molar-refractivity contribution < 1.29 is 13.3 Å². The Balaban J connectivity index is 2.93. The van der Waals surface area contributed by atoms with E-state index in [4.69, 9.17) is 11.6 Å². The molecule has 1 rings (SSSR count). The van der Waals surface area contributed by atoms with Gasteiger partial charge in [0.2, 0.25) is 0 Å². The third kappa shape index (κ3) is 4.68. The predicted octanol–water partition coefficient (Wildman–Crippen LogP) is 1.81. The number of nitro groups is 1. The Kier molecular flexibility index (Phi) is 5.13. The molecule has 19 heavy (non-hydrogen) atoms. The lowest BCUT2D eigenvalue weighted by atomic mass is 10.1. The van der Waals surface area contributed by atoms with E-state index in [1.54, 1.807) is 24.1 Å². The number of nitrogens with zero attached hydrogens (tertiary/aromatic N) is 2. The molecule has 0 N–H and O–H groups in total. The maximum atomic E-state index is 11.1. The molecular weight excluding hydrogens is 292 g/mol. The summed E-state index contributed by atoms with van der Waals surface area (Å²) in [6.45, 7) is 0.318. The fourth-order valence-electron chi connectivity index (χ4n) is 1.53. The Morgan fingerprint density at radius 2 is 2.05 bits per heavy atom. The number of nitro benzene ring substituents is 1. The van der Waals surface area contributed by atoms with E-state index in [0.29, 0.717) is 17.8 Å². The summed E-state index contributed by atoms with van der Waals surface area (Å²) < 4.78 is 22.2. The summed E-state index contributed by atoms with van der Waals surface area (Å²) in [5, 5.41) is 10.8. The molecule has 1 aromatic carbocycles. The Morgan fingerprint density at radius 3 is 2.53 bits per heavy atom. The van der Waals surface area contributed by atoms with E-state index in [0.717, 1.165) is 0 Å². The first kappa shape index (κ1) is 15.7. The van der Waals surface area contributed by atoms with Crippen molar-refractivity contribution in [3.8, 4) is 0 Å². The van der Waals surface area contributed by atoms with Crippen LogP contribution in [0.25, 0.3) is 0 Å². The molecule has 1 aromatic rings. The van der Waals surface area contributed by atoms with Crippen LogP contribution < -0.4 is 4.90 Å². The van der Waals surface area contributed by atoms with Gasteiger partial charge < -0.3 is 4.90 Å². The minimum atomic E-state index is -3.04. The number of halogens is 1. The van der Waals surface area contributed by atoms with Crippen molar-refractivity contribution >= 4 is 32.8 Å². The third-order valence-electron chi connectivity index (χ3n) is 2.64. The van der Waals surface area contributed by atoms with E-state index >= 15 is 0 Å². The van der Waals surface area contributed by atoms with Crippen LogP contribution in [-0.2, 0) is 15.7 Å².